The lowest BCUT2D eigenvalue weighted by atomic mass is 10.1. The predicted octanol–water partition coefficient (Wildman–Crippen LogP) is 3.84. The first kappa shape index (κ1) is 13.9. The molecule has 1 aromatic carbocycles. The number of nitrogens with zero attached hydrogens (tertiary/aromatic N) is 1. The molecule has 1 heterocycles. The second-order valence-corrected chi connectivity index (χ2v) is 5.64. The molecule has 0 aliphatic heterocycles. The maximum absolute atomic E-state index is 13.2. The first-order chi connectivity index (χ1) is 10.0. The van der Waals surface area contributed by atoms with Crippen LogP contribution in [0.15, 0.2) is 34.7 Å². The van der Waals surface area contributed by atoms with Gasteiger partial charge in [-0.2, -0.15) is 0 Å². The summed E-state index contributed by atoms with van der Waals surface area (Å²) in [6, 6.07) is 8.36. The predicted molar refractivity (Wildman–Crippen MR) is 77.5 cm³/mol. The lowest BCUT2D eigenvalue weighted by molar-refractivity contribution is 0.0716. The van der Waals surface area contributed by atoms with Gasteiger partial charge in [-0.1, -0.05) is 0 Å². The Labute approximate surface area is 123 Å². The van der Waals surface area contributed by atoms with Gasteiger partial charge in [0, 0.05) is 11.6 Å². The monoisotopic (exact) mass is 287 g/mol. The van der Waals surface area contributed by atoms with Crippen molar-refractivity contribution in [1.82, 2.24) is 4.90 Å². The highest BCUT2D eigenvalue weighted by atomic mass is 19.1. The highest BCUT2D eigenvalue weighted by molar-refractivity contribution is 5.96. The molecule has 0 bridgehead atoms. The van der Waals surface area contributed by atoms with Crippen molar-refractivity contribution in [3.63, 3.8) is 0 Å². The molecule has 0 saturated heterocycles. The molecule has 1 fully saturated rings. The van der Waals surface area contributed by atoms with Gasteiger partial charge in [0.05, 0.1) is 6.54 Å². The summed E-state index contributed by atoms with van der Waals surface area (Å²) in [6.45, 7) is 4.11. The summed E-state index contributed by atoms with van der Waals surface area (Å²) in [4.78, 5) is 14.6. The van der Waals surface area contributed by atoms with Gasteiger partial charge in [-0.3, -0.25) is 4.79 Å². The zero-order valence-electron chi connectivity index (χ0n) is 12.2. The molecule has 0 unspecified atom stereocenters. The molecule has 1 saturated carbocycles. The van der Waals surface area contributed by atoms with Gasteiger partial charge in [0.2, 0.25) is 0 Å². The number of carbonyl (C=O) groups is 1. The summed E-state index contributed by atoms with van der Waals surface area (Å²) in [5.74, 6) is 1.26. The van der Waals surface area contributed by atoms with Crippen molar-refractivity contribution in [3.05, 3.63) is 58.8 Å². The van der Waals surface area contributed by atoms with E-state index in [9.17, 15) is 9.18 Å². The second kappa shape index (κ2) is 5.35. The number of hydrogen-bond donors (Lipinski definition) is 0. The van der Waals surface area contributed by atoms with Crippen molar-refractivity contribution >= 4 is 5.91 Å². The number of furan rings is 1. The van der Waals surface area contributed by atoms with Crippen LogP contribution in [-0.4, -0.2) is 16.8 Å². The fraction of sp³-hybridized carbons (Fsp3) is 0.353. The van der Waals surface area contributed by atoms with Crippen molar-refractivity contribution in [2.75, 3.05) is 0 Å². The van der Waals surface area contributed by atoms with Crippen molar-refractivity contribution in [1.29, 1.82) is 0 Å². The number of aryl methyl sites for hydroxylation is 2. The first-order valence-electron chi connectivity index (χ1n) is 7.17. The molecule has 21 heavy (non-hydrogen) atoms. The molecule has 0 spiro atoms. The molecule has 0 atom stereocenters. The van der Waals surface area contributed by atoms with E-state index in [0.717, 1.165) is 24.4 Å². The summed E-state index contributed by atoms with van der Waals surface area (Å²) < 4.78 is 18.8. The summed E-state index contributed by atoms with van der Waals surface area (Å²) in [7, 11) is 0. The van der Waals surface area contributed by atoms with Crippen LogP contribution in [0.25, 0.3) is 0 Å². The lowest BCUT2D eigenvalue weighted by Crippen LogP contribution is -2.33. The lowest BCUT2D eigenvalue weighted by Gasteiger charge is -2.22. The minimum absolute atomic E-state index is 0.0518. The first-order valence-corrected chi connectivity index (χ1v) is 7.17. The Bertz CT molecular complexity index is 673. The highest BCUT2D eigenvalue weighted by Crippen LogP contribution is 2.30. The summed E-state index contributed by atoms with van der Waals surface area (Å²) >= 11 is 0. The van der Waals surface area contributed by atoms with Crippen LogP contribution in [-0.2, 0) is 6.54 Å². The van der Waals surface area contributed by atoms with Gasteiger partial charge in [-0.25, -0.2) is 4.39 Å². The molecule has 110 valence electrons. The molecule has 1 aliphatic carbocycles. The molecule has 3 nitrogen and oxygen atoms in total. The zero-order valence-corrected chi connectivity index (χ0v) is 12.2. The maximum atomic E-state index is 13.2. The molecule has 1 amide bonds. The third-order valence-corrected chi connectivity index (χ3v) is 3.79. The third kappa shape index (κ3) is 2.99. The number of carbonyl (C=O) groups excluding carboxylic acids is 1. The van der Waals surface area contributed by atoms with E-state index < -0.39 is 0 Å². The molecular formula is C17H18FNO2. The summed E-state index contributed by atoms with van der Waals surface area (Å²) in [6.07, 6.45) is 2.04. The maximum Gasteiger partial charge on any atom is 0.254 e. The van der Waals surface area contributed by atoms with E-state index in [1.54, 1.807) is 13.0 Å². The van der Waals surface area contributed by atoms with Crippen LogP contribution < -0.4 is 0 Å². The van der Waals surface area contributed by atoms with Crippen LogP contribution in [0.5, 0.6) is 0 Å². The summed E-state index contributed by atoms with van der Waals surface area (Å²) in [5.41, 5.74) is 1.23. The van der Waals surface area contributed by atoms with E-state index >= 15 is 0 Å². The van der Waals surface area contributed by atoms with Crippen LogP contribution in [0.1, 0.15) is 40.3 Å². The van der Waals surface area contributed by atoms with Gasteiger partial charge >= 0.3 is 0 Å². The Kier molecular flexibility index (Phi) is 3.53. The van der Waals surface area contributed by atoms with E-state index in [1.165, 1.54) is 12.1 Å². The van der Waals surface area contributed by atoms with Crippen LogP contribution in [0, 0.1) is 19.7 Å². The number of rotatable bonds is 4. The van der Waals surface area contributed by atoms with Crippen molar-refractivity contribution < 1.29 is 13.6 Å². The number of amides is 1. The Morgan fingerprint density at radius 3 is 2.62 bits per heavy atom. The van der Waals surface area contributed by atoms with Gasteiger partial charge in [0.15, 0.2) is 0 Å². The van der Waals surface area contributed by atoms with Crippen molar-refractivity contribution in [2.45, 2.75) is 39.3 Å². The number of halogens is 1. The molecule has 0 radical (unpaired) electrons. The molecule has 4 heteroatoms. The van der Waals surface area contributed by atoms with E-state index in [1.807, 2.05) is 24.0 Å². The fourth-order valence-corrected chi connectivity index (χ4v) is 2.51. The van der Waals surface area contributed by atoms with Crippen molar-refractivity contribution in [3.8, 4) is 0 Å². The topological polar surface area (TPSA) is 33.5 Å². The van der Waals surface area contributed by atoms with Crippen LogP contribution in [0.2, 0.25) is 0 Å². The average Bonchev–Trinajstić information content (AvgIpc) is 3.19. The van der Waals surface area contributed by atoms with Gasteiger partial charge in [-0.05, 0) is 62.6 Å². The molecule has 0 N–H and O–H groups in total. The Balaban J connectivity index is 1.85. The van der Waals surface area contributed by atoms with Crippen LogP contribution in [0.3, 0.4) is 0 Å². The Hall–Kier alpha value is -2.10. The van der Waals surface area contributed by atoms with Gasteiger partial charge < -0.3 is 9.32 Å². The minimum atomic E-state index is -0.316. The largest absolute Gasteiger partial charge is 0.464 e. The minimum Gasteiger partial charge on any atom is -0.464 e. The SMILES string of the molecule is Cc1ccc(CN(C(=O)c2ccc(F)cc2C)C2CC2)o1. The van der Waals surface area contributed by atoms with Crippen LogP contribution in [0.4, 0.5) is 4.39 Å². The summed E-state index contributed by atoms with van der Waals surface area (Å²) in [5, 5.41) is 0. The average molecular weight is 287 g/mol. The van der Waals surface area contributed by atoms with E-state index in [0.29, 0.717) is 17.7 Å². The fourth-order valence-electron chi connectivity index (χ4n) is 2.51. The van der Waals surface area contributed by atoms with Crippen LogP contribution >= 0.6 is 0 Å². The Morgan fingerprint density at radius 1 is 1.29 bits per heavy atom. The smallest absolute Gasteiger partial charge is 0.254 e. The van der Waals surface area contributed by atoms with E-state index in [-0.39, 0.29) is 17.8 Å². The van der Waals surface area contributed by atoms with E-state index in [4.69, 9.17) is 4.42 Å². The van der Waals surface area contributed by atoms with Gasteiger partial charge in [-0.15, -0.1) is 0 Å². The van der Waals surface area contributed by atoms with E-state index in [2.05, 4.69) is 0 Å². The molecule has 3 rings (SSSR count). The third-order valence-electron chi connectivity index (χ3n) is 3.79. The molecule has 1 aromatic heterocycles. The quantitative estimate of drug-likeness (QED) is 0.856. The zero-order chi connectivity index (χ0) is 15.0. The standard InChI is InChI=1S/C17H18FNO2/c1-11-9-13(18)4-8-16(11)17(20)19(14-5-6-14)10-15-7-3-12(2)21-15/h3-4,7-9,14H,5-6,10H2,1-2H3. The second-order valence-electron chi connectivity index (χ2n) is 5.64. The number of benzene rings is 1. The van der Waals surface area contributed by atoms with Gasteiger partial charge in [0.1, 0.15) is 17.3 Å². The van der Waals surface area contributed by atoms with Gasteiger partial charge in [0.25, 0.3) is 5.91 Å². The number of hydrogen-bond acceptors (Lipinski definition) is 2. The highest BCUT2D eigenvalue weighted by Gasteiger charge is 2.34. The molecule has 1 aliphatic rings. The van der Waals surface area contributed by atoms with Crippen molar-refractivity contribution in [2.24, 2.45) is 0 Å². The Morgan fingerprint density at radius 2 is 2.05 bits per heavy atom. The molecule has 2 aromatic rings. The normalized spacial score (nSPS) is 14.2. The molecular weight excluding hydrogens is 269 g/mol.